The molecule has 2 rings (SSSR count). The Kier molecular flexibility index (Phi) is 4.76. The first-order valence-corrected chi connectivity index (χ1v) is 6.98. The summed E-state index contributed by atoms with van der Waals surface area (Å²) in [5.41, 5.74) is 1.05. The molecule has 0 bridgehead atoms. The highest BCUT2D eigenvalue weighted by atomic mass is 32.1. The van der Waals surface area contributed by atoms with Gasteiger partial charge in [0.1, 0.15) is 5.01 Å². The minimum atomic E-state index is 0.725. The van der Waals surface area contributed by atoms with Crippen molar-refractivity contribution in [1.82, 2.24) is 10.3 Å². The van der Waals surface area contributed by atoms with Crippen LogP contribution in [-0.4, -0.2) is 25.7 Å². The predicted octanol–water partition coefficient (Wildman–Crippen LogP) is 2.94. The quantitative estimate of drug-likeness (QED) is 0.882. The van der Waals surface area contributed by atoms with Gasteiger partial charge in [-0.25, -0.2) is 4.98 Å². The summed E-state index contributed by atoms with van der Waals surface area (Å²) in [6.07, 6.45) is 1.92. The number of nitrogens with zero attached hydrogens (tertiary/aromatic N) is 1. The number of ether oxygens (including phenoxy) is 2. The van der Waals surface area contributed by atoms with Crippen molar-refractivity contribution in [3.05, 3.63) is 29.3 Å². The van der Waals surface area contributed by atoms with Gasteiger partial charge < -0.3 is 14.8 Å². The summed E-state index contributed by atoms with van der Waals surface area (Å²) in [4.78, 5) is 5.68. The third-order valence-corrected chi connectivity index (χ3v) is 3.78. The van der Waals surface area contributed by atoms with E-state index >= 15 is 0 Å². The lowest BCUT2D eigenvalue weighted by Crippen LogP contribution is -2.10. The minimum absolute atomic E-state index is 0.725. The maximum absolute atomic E-state index is 5.31. The van der Waals surface area contributed by atoms with E-state index in [1.165, 1.54) is 4.88 Å². The Bertz CT molecular complexity index is 540. The molecule has 1 aromatic carbocycles. The second-order valence-electron chi connectivity index (χ2n) is 3.98. The van der Waals surface area contributed by atoms with Crippen LogP contribution < -0.4 is 14.8 Å². The highest BCUT2D eigenvalue weighted by molar-refractivity contribution is 7.15. The molecule has 19 heavy (non-hydrogen) atoms. The smallest absolute Gasteiger partial charge is 0.161 e. The van der Waals surface area contributed by atoms with E-state index in [4.69, 9.17) is 9.47 Å². The Morgan fingerprint density at radius 3 is 2.68 bits per heavy atom. The van der Waals surface area contributed by atoms with Gasteiger partial charge in [-0.15, -0.1) is 11.3 Å². The van der Waals surface area contributed by atoms with Crippen LogP contribution >= 0.6 is 11.3 Å². The molecule has 2 aromatic rings. The molecule has 4 nitrogen and oxygen atoms in total. The molecule has 1 aromatic heterocycles. The van der Waals surface area contributed by atoms with Crippen LogP contribution in [0.3, 0.4) is 0 Å². The zero-order valence-electron chi connectivity index (χ0n) is 11.4. The van der Waals surface area contributed by atoms with Crippen molar-refractivity contribution in [2.24, 2.45) is 0 Å². The number of methoxy groups -OCH3 is 2. The first-order valence-electron chi connectivity index (χ1n) is 6.16. The molecule has 0 saturated heterocycles. The second-order valence-corrected chi connectivity index (χ2v) is 5.10. The minimum Gasteiger partial charge on any atom is -0.493 e. The molecular weight excluding hydrogens is 260 g/mol. The number of aromatic nitrogens is 1. The SMILES string of the molecule is CCNCc1cnc(-c2ccc(OC)c(OC)c2)s1. The number of nitrogens with one attached hydrogen (secondary N) is 1. The van der Waals surface area contributed by atoms with Crippen LogP contribution in [0.25, 0.3) is 10.6 Å². The number of thiazole rings is 1. The topological polar surface area (TPSA) is 43.4 Å². The summed E-state index contributed by atoms with van der Waals surface area (Å²) in [7, 11) is 3.27. The zero-order chi connectivity index (χ0) is 13.7. The third-order valence-electron chi connectivity index (χ3n) is 2.73. The average molecular weight is 278 g/mol. The molecule has 1 N–H and O–H groups in total. The molecule has 0 aliphatic heterocycles. The van der Waals surface area contributed by atoms with Crippen LogP contribution in [0, 0.1) is 0 Å². The number of rotatable bonds is 6. The summed E-state index contributed by atoms with van der Waals surface area (Å²) in [6, 6.07) is 5.85. The monoisotopic (exact) mass is 278 g/mol. The lowest BCUT2D eigenvalue weighted by Gasteiger charge is -2.08. The molecule has 102 valence electrons. The lowest BCUT2D eigenvalue weighted by molar-refractivity contribution is 0.355. The molecule has 1 heterocycles. The van der Waals surface area contributed by atoms with Gasteiger partial charge in [0, 0.05) is 23.2 Å². The predicted molar refractivity (Wildman–Crippen MR) is 78.0 cm³/mol. The normalized spacial score (nSPS) is 10.5. The maximum atomic E-state index is 5.31. The summed E-state index contributed by atoms with van der Waals surface area (Å²) in [5.74, 6) is 1.46. The molecule has 0 aliphatic carbocycles. The van der Waals surface area contributed by atoms with Gasteiger partial charge >= 0.3 is 0 Å². The molecule has 0 atom stereocenters. The molecule has 0 saturated carbocycles. The van der Waals surface area contributed by atoms with Gasteiger partial charge in [0.05, 0.1) is 14.2 Å². The second kappa shape index (κ2) is 6.54. The lowest BCUT2D eigenvalue weighted by atomic mass is 10.2. The van der Waals surface area contributed by atoms with Crippen molar-refractivity contribution in [2.75, 3.05) is 20.8 Å². The van der Waals surface area contributed by atoms with Gasteiger partial charge in [-0.3, -0.25) is 0 Å². The van der Waals surface area contributed by atoms with Crippen molar-refractivity contribution < 1.29 is 9.47 Å². The fourth-order valence-corrected chi connectivity index (χ4v) is 2.62. The summed E-state index contributed by atoms with van der Waals surface area (Å²) in [5, 5.41) is 4.29. The van der Waals surface area contributed by atoms with E-state index in [1.807, 2.05) is 24.4 Å². The van der Waals surface area contributed by atoms with Crippen molar-refractivity contribution >= 4 is 11.3 Å². The molecule has 0 spiro atoms. The Hall–Kier alpha value is -1.59. The fourth-order valence-electron chi connectivity index (χ4n) is 1.74. The first kappa shape index (κ1) is 13.8. The highest BCUT2D eigenvalue weighted by Crippen LogP contribution is 2.33. The van der Waals surface area contributed by atoms with Crippen LogP contribution in [0.5, 0.6) is 11.5 Å². The van der Waals surface area contributed by atoms with E-state index in [0.717, 1.165) is 35.2 Å². The van der Waals surface area contributed by atoms with Crippen LogP contribution in [0.2, 0.25) is 0 Å². The highest BCUT2D eigenvalue weighted by Gasteiger charge is 2.09. The number of hydrogen-bond acceptors (Lipinski definition) is 5. The largest absolute Gasteiger partial charge is 0.493 e. The molecule has 0 fully saturated rings. The standard InChI is InChI=1S/C14H18N2O2S/c1-4-15-8-11-9-16-14(19-11)10-5-6-12(17-2)13(7-10)18-3/h5-7,9,15H,4,8H2,1-3H3. The first-order chi connectivity index (χ1) is 9.28. The van der Waals surface area contributed by atoms with Crippen LogP contribution in [-0.2, 0) is 6.54 Å². The molecular formula is C14H18N2O2S. The summed E-state index contributed by atoms with van der Waals surface area (Å²) < 4.78 is 10.5. The number of benzene rings is 1. The van der Waals surface area contributed by atoms with E-state index in [2.05, 4.69) is 17.2 Å². The van der Waals surface area contributed by atoms with Gasteiger partial charge in [0.2, 0.25) is 0 Å². The number of hydrogen-bond donors (Lipinski definition) is 1. The van der Waals surface area contributed by atoms with Crippen molar-refractivity contribution in [3.8, 4) is 22.1 Å². The van der Waals surface area contributed by atoms with Crippen LogP contribution in [0.15, 0.2) is 24.4 Å². The van der Waals surface area contributed by atoms with Crippen molar-refractivity contribution in [3.63, 3.8) is 0 Å². The third kappa shape index (κ3) is 3.24. The molecule has 5 heteroatoms. The fraction of sp³-hybridized carbons (Fsp3) is 0.357. The van der Waals surface area contributed by atoms with E-state index in [1.54, 1.807) is 25.6 Å². The molecule has 0 aliphatic rings. The van der Waals surface area contributed by atoms with Gasteiger partial charge in [0.25, 0.3) is 0 Å². The maximum Gasteiger partial charge on any atom is 0.161 e. The Morgan fingerprint density at radius 2 is 2.00 bits per heavy atom. The summed E-state index contributed by atoms with van der Waals surface area (Å²) in [6.45, 7) is 3.92. The summed E-state index contributed by atoms with van der Waals surface area (Å²) >= 11 is 1.69. The van der Waals surface area contributed by atoms with Crippen LogP contribution in [0.1, 0.15) is 11.8 Å². The van der Waals surface area contributed by atoms with Gasteiger partial charge in [-0.1, -0.05) is 6.92 Å². The van der Waals surface area contributed by atoms with Gasteiger partial charge in [-0.05, 0) is 24.7 Å². The van der Waals surface area contributed by atoms with E-state index in [-0.39, 0.29) is 0 Å². The molecule has 0 unspecified atom stereocenters. The van der Waals surface area contributed by atoms with Gasteiger partial charge in [-0.2, -0.15) is 0 Å². The average Bonchev–Trinajstić information content (AvgIpc) is 2.93. The van der Waals surface area contributed by atoms with E-state index < -0.39 is 0 Å². The Balaban J connectivity index is 2.23. The van der Waals surface area contributed by atoms with Crippen LogP contribution in [0.4, 0.5) is 0 Å². The Labute approximate surface area is 117 Å². The van der Waals surface area contributed by atoms with Gasteiger partial charge in [0.15, 0.2) is 11.5 Å². The van der Waals surface area contributed by atoms with Crippen molar-refractivity contribution in [2.45, 2.75) is 13.5 Å². The molecule has 0 amide bonds. The zero-order valence-corrected chi connectivity index (χ0v) is 12.2. The van der Waals surface area contributed by atoms with E-state index in [0.29, 0.717) is 0 Å². The van der Waals surface area contributed by atoms with E-state index in [9.17, 15) is 0 Å². The molecule has 0 radical (unpaired) electrons. The Morgan fingerprint density at radius 1 is 1.21 bits per heavy atom. The van der Waals surface area contributed by atoms with Crippen molar-refractivity contribution in [1.29, 1.82) is 0 Å².